The van der Waals surface area contributed by atoms with Crippen molar-refractivity contribution in [2.75, 3.05) is 0 Å². The van der Waals surface area contributed by atoms with Crippen molar-refractivity contribution in [3.05, 3.63) is 51.7 Å². The lowest BCUT2D eigenvalue weighted by atomic mass is 9.94. The maximum absolute atomic E-state index is 12.0. The third-order valence-corrected chi connectivity index (χ3v) is 3.50. The second-order valence-electron chi connectivity index (χ2n) is 4.88. The van der Waals surface area contributed by atoms with E-state index in [0.29, 0.717) is 18.5 Å². The summed E-state index contributed by atoms with van der Waals surface area (Å²) in [6.45, 7) is 0.427. The largest absolute Gasteiger partial charge is 0.306 e. The van der Waals surface area contributed by atoms with E-state index >= 15 is 0 Å². The van der Waals surface area contributed by atoms with Crippen LogP contribution in [0.25, 0.3) is 0 Å². The quantitative estimate of drug-likeness (QED) is 0.811. The number of nitrogens with zero attached hydrogens (tertiary/aromatic N) is 3. The molecule has 0 fully saturated rings. The zero-order valence-corrected chi connectivity index (χ0v) is 10.8. The lowest BCUT2D eigenvalue weighted by molar-refractivity contribution is 0.0970. The maximum Gasteiger partial charge on any atom is 0.251 e. The molecule has 0 spiro atoms. The van der Waals surface area contributed by atoms with E-state index in [4.69, 9.17) is 0 Å². The Kier molecular flexibility index (Phi) is 2.81. The third kappa shape index (κ3) is 2.12. The van der Waals surface area contributed by atoms with E-state index in [1.807, 2.05) is 19.3 Å². The summed E-state index contributed by atoms with van der Waals surface area (Å²) in [5.41, 5.74) is 2.31. The van der Waals surface area contributed by atoms with Gasteiger partial charge in [0.2, 0.25) is 0 Å². The van der Waals surface area contributed by atoms with Crippen molar-refractivity contribution in [1.29, 1.82) is 0 Å². The summed E-state index contributed by atoms with van der Waals surface area (Å²) >= 11 is 0. The van der Waals surface area contributed by atoms with Gasteiger partial charge in [0.25, 0.3) is 5.56 Å². The van der Waals surface area contributed by atoms with Crippen LogP contribution in [0.5, 0.6) is 0 Å². The Bertz CT molecular complexity index is 697. The third-order valence-electron chi connectivity index (χ3n) is 3.50. The van der Waals surface area contributed by atoms with Gasteiger partial charge < -0.3 is 4.57 Å². The second kappa shape index (κ2) is 4.50. The Morgan fingerprint density at radius 1 is 1.21 bits per heavy atom. The van der Waals surface area contributed by atoms with Crippen LogP contribution in [-0.2, 0) is 20.0 Å². The topological polar surface area (TPSA) is 56.9 Å². The van der Waals surface area contributed by atoms with Gasteiger partial charge in [-0.1, -0.05) is 0 Å². The predicted molar refractivity (Wildman–Crippen MR) is 70.3 cm³/mol. The molecule has 0 radical (unpaired) electrons. The van der Waals surface area contributed by atoms with Gasteiger partial charge in [-0.3, -0.25) is 14.3 Å². The zero-order valence-electron chi connectivity index (χ0n) is 10.8. The lowest BCUT2D eigenvalue weighted by Crippen LogP contribution is -2.28. The highest BCUT2D eigenvalue weighted by atomic mass is 16.1. The number of carbonyl (C=O) groups excluding carboxylic acids is 1. The second-order valence-corrected chi connectivity index (χ2v) is 4.88. The molecule has 5 nitrogen and oxygen atoms in total. The van der Waals surface area contributed by atoms with Crippen LogP contribution >= 0.6 is 0 Å². The smallest absolute Gasteiger partial charge is 0.251 e. The van der Waals surface area contributed by atoms with E-state index in [-0.39, 0.29) is 11.3 Å². The molecule has 19 heavy (non-hydrogen) atoms. The predicted octanol–water partition coefficient (Wildman–Crippen LogP) is 1.15. The van der Waals surface area contributed by atoms with Gasteiger partial charge in [-0.15, -0.1) is 0 Å². The molecule has 5 heteroatoms. The van der Waals surface area contributed by atoms with Crippen molar-refractivity contribution in [1.82, 2.24) is 14.3 Å². The van der Waals surface area contributed by atoms with Crippen molar-refractivity contribution in [2.24, 2.45) is 7.05 Å². The minimum Gasteiger partial charge on any atom is -0.306 e. The van der Waals surface area contributed by atoms with Crippen LogP contribution in [0.1, 0.15) is 34.6 Å². The van der Waals surface area contributed by atoms with Crippen LogP contribution in [-0.4, -0.2) is 20.1 Å². The number of aryl methyl sites for hydroxylation is 1. The average Bonchev–Trinajstić information content (AvgIpc) is 2.79. The first-order chi connectivity index (χ1) is 9.15. The molecule has 98 valence electrons. The zero-order chi connectivity index (χ0) is 13.4. The fourth-order valence-corrected chi connectivity index (χ4v) is 2.58. The normalized spacial score (nSPS) is 14.5. The fraction of sp³-hybridized carbons (Fsp3) is 0.357. The van der Waals surface area contributed by atoms with Crippen LogP contribution in [0, 0.1) is 0 Å². The van der Waals surface area contributed by atoms with Crippen molar-refractivity contribution >= 4 is 5.78 Å². The first kappa shape index (κ1) is 11.9. The number of hydrogen-bond donors (Lipinski definition) is 0. The van der Waals surface area contributed by atoms with Crippen molar-refractivity contribution in [3.8, 4) is 0 Å². The molecule has 0 amide bonds. The number of carbonyl (C=O) groups is 1. The monoisotopic (exact) mass is 257 g/mol. The summed E-state index contributed by atoms with van der Waals surface area (Å²) in [6.07, 6.45) is 4.02. The molecule has 0 atom stereocenters. The minimum atomic E-state index is -0.0703. The number of Topliss-reactive ketones (excluding diaryl/α,β-unsaturated/α-hetero) is 1. The summed E-state index contributed by atoms with van der Waals surface area (Å²) in [6, 6.07) is 5.02. The van der Waals surface area contributed by atoms with E-state index in [2.05, 4.69) is 5.10 Å². The van der Waals surface area contributed by atoms with E-state index in [9.17, 15) is 9.59 Å². The maximum atomic E-state index is 12.0. The van der Waals surface area contributed by atoms with Gasteiger partial charge >= 0.3 is 0 Å². The summed E-state index contributed by atoms with van der Waals surface area (Å²) in [4.78, 5) is 23.9. The number of ketones is 1. The molecule has 0 aromatic carbocycles. The number of aromatic nitrogens is 3. The van der Waals surface area contributed by atoms with E-state index < -0.39 is 0 Å². The fourth-order valence-electron chi connectivity index (χ4n) is 2.58. The molecule has 3 rings (SSSR count). The van der Waals surface area contributed by atoms with Gasteiger partial charge in [0.1, 0.15) is 0 Å². The highest BCUT2D eigenvalue weighted by Gasteiger charge is 2.20. The van der Waals surface area contributed by atoms with Gasteiger partial charge in [-0.2, -0.15) is 5.10 Å². The van der Waals surface area contributed by atoms with Crippen LogP contribution in [0.3, 0.4) is 0 Å². The molecular weight excluding hydrogens is 242 g/mol. The highest BCUT2D eigenvalue weighted by molar-refractivity contribution is 5.97. The van der Waals surface area contributed by atoms with Crippen molar-refractivity contribution in [3.63, 3.8) is 0 Å². The lowest BCUT2D eigenvalue weighted by Gasteiger charge is -2.19. The molecular formula is C14H15N3O2. The molecule has 2 heterocycles. The SMILES string of the molecule is Cn1ccc(Cn2c3c(ccc2=O)C(=O)CCC3)n1. The summed E-state index contributed by atoms with van der Waals surface area (Å²) in [5.74, 6) is 0.135. The minimum absolute atomic E-state index is 0.0703. The Morgan fingerprint density at radius 2 is 2.05 bits per heavy atom. The van der Waals surface area contributed by atoms with Crippen molar-refractivity contribution in [2.45, 2.75) is 25.8 Å². The molecule has 0 unspecified atom stereocenters. The highest BCUT2D eigenvalue weighted by Crippen LogP contribution is 2.20. The van der Waals surface area contributed by atoms with Crippen LogP contribution < -0.4 is 5.56 Å². The molecule has 0 N–H and O–H groups in total. The van der Waals surface area contributed by atoms with Gasteiger partial charge in [0.15, 0.2) is 5.78 Å². The van der Waals surface area contributed by atoms with Gasteiger partial charge in [-0.25, -0.2) is 0 Å². The average molecular weight is 257 g/mol. The van der Waals surface area contributed by atoms with Crippen LogP contribution in [0.4, 0.5) is 0 Å². The van der Waals surface area contributed by atoms with Gasteiger partial charge in [0.05, 0.1) is 12.2 Å². The molecule has 1 aliphatic rings. The number of fused-ring (bicyclic) bond motifs is 1. The number of hydrogen-bond acceptors (Lipinski definition) is 3. The Labute approximate surface area is 110 Å². The standard InChI is InChI=1S/C14H15N3O2/c1-16-8-7-10(15-16)9-17-12-3-2-4-13(18)11(12)5-6-14(17)19/h5-8H,2-4,9H2,1H3. The molecule has 1 aliphatic carbocycles. The molecule has 0 saturated heterocycles. The molecule has 2 aromatic heterocycles. The van der Waals surface area contributed by atoms with Crippen LogP contribution in [0.2, 0.25) is 0 Å². The Balaban J connectivity index is 2.07. The summed E-state index contributed by atoms with van der Waals surface area (Å²) < 4.78 is 3.38. The first-order valence-corrected chi connectivity index (χ1v) is 6.39. The van der Waals surface area contributed by atoms with E-state index in [1.165, 1.54) is 6.07 Å². The van der Waals surface area contributed by atoms with E-state index in [1.54, 1.807) is 15.3 Å². The molecule has 2 aromatic rings. The van der Waals surface area contributed by atoms with Gasteiger partial charge in [0, 0.05) is 37.0 Å². The number of rotatable bonds is 2. The number of pyridine rings is 1. The van der Waals surface area contributed by atoms with Crippen molar-refractivity contribution < 1.29 is 4.79 Å². The van der Waals surface area contributed by atoms with E-state index in [0.717, 1.165) is 24.2 Å². The Hall–Kier alpha value is -2.17. The summed E-state index contributed by atoms with van der Waals surface area (Å²) in [7, 11) is 1.84. The van der Waals surface area contributed by atoms with Gasteiger partial charge in [-0.05, 0) is 25.0 Å². The molecule has 0 bridgehead atoms. The molecule has 0 saturated carbocycles. The summed E-state index contributed by atoms with van der Waals surface area (Å²) in [5, 5.41) is 4.29. The Morgan fingerprint density at radius 3 is 2.79 bits per heavy atom. The molecule has 0 aliphatic heterocycles. The first-order valence-electron chi connectivity index (χ1n) is 6.39. The van der Waals surface area contributed by atoms with Crippen LogP contribution in [0.15, 0.2) is 29.2 Å².